The van der Waals surface area contributed by atoms with Gasteiger partial charge in [-0.1, -0.05) is 20.8 Å². The molecule has 3 N–H and O–H groups in total. The summed E-state index contributed by atoms with van der Waals surface area (Å²) in [6.45, 7) is 9.43. The Hall–Kier alpha value is 0.130. The standard InChI is InChI=1S/C14H25ClN4/c1-12(2,3)14-9(17-8-13(14)4-5-13)7-16-11-6-10(15)18-19(11)14/h9-11,16-18H,4-8H2,1-3H3. The smallest absolute Gasteiger partial charge is 0.0982 e. The van der Waals surface area contributed by atoms with E-state index in [1.165, 1.54) is 12.8 Å². The van der Waals surface area contributed by atoms with E-state index >= 15 is 0 Å². The lowest BCUT2D eigenvalue weighted by atomic mass is 9.61. The maximum absolute atomic E-state index is 6.39. The van der Waals surface area contributed by atoms with Gasteiger partial charge in [-0.3, -0.25) is 5.32 Å². The van der Waals surface area contributed by atoms with Crippen LogP contribution in [0.15, 0.2) is 0 Å². The van der Waals surface area contributed by atoms with Gasteiger partial charge in [0.05, 0.1) is 17.2 Å². The Balaban J connectivity index is 1.85. The van der Waals surface area contributed by atoms with Gasteiger partial charge in [0, 0.05) is 31.0 Å². The van der Waals surface area contributed by atoms with E-state index in [1.54, 1.807) is 0 Å². The predicted octanol–water partition coefficient (Wildman–Crippen LogP) is 1.23. The van der Waals surface area contributed by atoms with Crippen LogP contribution < -0.4 is 16.1 Å². The summed E-state index contributed by atoms with van der Waals surface area (Å²) in [6.07, 6.45) is 4.08. The topological polar surface area (TPSA) is 39.3 Å². The fourth-order valence-electron chi connectivity index (χ4n) is 5.37. The van der Waals surface area contributed by atoms with Gasteiger partial charge in [-0.2, -0.15) is 0 Å². The van der Waals surface area contributed by atoms with Crippen LogP contribution in [0.1, 0.15) is 40.0 Å². The highest BCUT2D eigenvalue weighted by atomic mass is 35.5. The average Bonchev–Trinajstić information content (AvgIpc) is 2.85. The number of hydrogen-bond donors (Lipinski definition) is 3. The zero-order valence-corrected chi connectivity index (χ0v) is 12.8. The third-order valence-corrected chi connectivity index (χ3v) is 6.23. The van der Waals surface area contributed by atoms with Gasteiger partial charge in [0.15, 0.2) is 0 Å². The molecule has 0 radical (unpaired) electrons. The molecule has 0 aromatic carbocycles. The fourth-order valence-corrected chi connectivity index (χ4v) is 5.65. The summed E-state index contributed by atoms with van der Waals surface area (Å²) in [4.78, 5) is 0. The first-order chi connectivity index (χ1) is 8.91. The van der Waals surface area contributed by atoms with E-state index in [4.69, 9.17) is 11.6 Å². The van der Waals surface area contributed by atoms with Crippen molar-refractivity contribution in [3.63, 3.8) is 0 Å². The van der Waals surface area contributed by atoms with Crippen molar-refractivity contribution in [3.05, 3.63) is 0 Å². The van der Waals surface area contributed by atoms with E-state index < -0.39 is 0 Å². The highest BCUT2D eigenvalue weighted by Crippen LogP contribution is 2.66. The third kappa shape index (κ3) is 1.40. The first kappa shape index (κ1) is 12.8. The Morgan fingerprint density at radius 2 is 1.95 bits per heavy atom. The Bertz CT molecular complexity index is 403. The number of alkyl halides is 1. The molecule has 3 aliphatic heterocycles. The largest absolute Gasteiger partial charge is 0.310 e. The van der Waals surface area contributed by atoms with Crippen LogP contribution in [0.2, 0.25) is 0 Å². The quantitative estimate of drug-likeness (QED) is 0.462. The van der Waals surface area contributed by atoms with Crippen molar-refractivity contribution in [1.29, 1.82) is 0 Å². The van der Waals surface area contributed by atoms with Crippen LogP contribution in [0.3, 0.4) is 0 Å². The third-order valence-electron chi connectivity index (χ3n) is 5.96. The fraction of sp³-hybridized carbons (Fsp3) is 1.00. The molecule has 0 aromatic rings. The van der Waals surface area contributed by atoms with Crippen molar-refractivity contribution in [2.75, 3.05) is 13.1 Å². The van der Waals surface area contributed by atoms with Crippen LogP contribution >= 0.6 is 11.6 Å². The molecule has 4 atom stereocenters. The van der Waals surface area contributed by atoms with Gasteiger partial charge in [-0.25, -0.2) is 10.4 Å². The minimum absolute atomic E-state index is 0.0619. The van der Waals surface area contributed by atoms with E-state index in [0.29, 0.717) is 17.6 Å². The van der Waals surface area contributed by atoms with Gasteiger partial charge in [0.25, 0.3) is 0 Å². The average molecular weight is 285 g/mol. The predicted molar refractivity (Wildman–Crippen MR) is 76.7 cm³/mol. The molecule has 19 heavy (non-hydrogen) atoms. The van der Waals surface area contributed by atoms with Crippen molar-refractivity contribution in [3.8, 4) is 0 Å². The molecule has 4 rings (SSSR count). The van der Waals surface area contributed by atoms with E-state index in [1.807, 2.05) is 0 Å². The molecular formula is C14H25ClN4. The van der Waals surface area contributed by atoms with E-state index in [9.17, 15) is 0 Å². The second-order valence-electron chi connectivity index (χ2n) is 7.86. The van der Waals surface area contributed by atoms with Crippen LogP contribution in [0.5, 0.6) is 0 Å². The molecule has 4 fully saturated rings. The lowest BCUT2D eigenvalue weighted by Gasteiger charge is -2.59. The molecule has 0 aromatic heterocycles. The normalized spacial score (nSPS) is 48.3. The van der Waals surface area contributed by atoms with Crippen LogP contribution in [0.4, 0.5) is 0 Å². The second-order valence-corrected chi connectivity index (χ2v) is 8.38. The lowest BCUT2D eigenvalue weighted by Crippen LogP contribution is -2.77. The summed E-state index contributed by atoms with van der Waals surface area (Å²) >= 11 is 6.39. The monoisotopic (exact) mass is 284 g/mol. The molecule has 0 amide bonds. The minimum Gasteiger partial charge on any atom is -0.310 e. The van der Waals surface area contributed by atoms with Gasteiger partial charge in [-0.15, -0.1) is 11.6 Å². The van der Waals surface area contributed by atoms with Crippen molar-refractivity contribution >= 4 is 11.6 Å². The molecule has 4 unspecified atom stereocenters. The van der Waals surface area contributed by atoms with Crippen LogP contribution in [-0.2, 0) is 0 Å². The first-order valence-corrected chi connectivity index (χ1v) is 8.01. The minimum atomic E-state index is 0.0619. The number of rotatable bonds is 0. The number of fused-ring (bicyclic) bond motifs is 4. The van der Waals surface area contributed by atoms with Gasteiger partial charge < -0.3 is 5.32 Å². The molecule has 3 saturated heterocycles. The molecule has 1 spiro atoms. The molecule has 4 aliphatic rings. The highest BCUT2D eigenvalue weighted by Gasteiger charge is 2.75. The molecule has 1 aliphatic carbocycles. The van der Waals surface area contributed by atoms with Gasteiger partial charge in [0.2, 0.25) is 0 Å². The summed E-state index contributed by atoms with van der Waals surface area (Å²) in [5.74, 6) is 0. The maximum Gasteiger partial charge on any atom is 0.0982 e. The highest BCUT2D eigenvalue weighted by molar-refractivity contribution is 6.20. The number of halogens is 1. The summed E-state index contributed by atoms with van der Waals surface area (Å²) in [6, 6.07) is 0.515. The second kappa shape index (κ2) is 3.66. The van der Waals surface area contributed by atoms with E-state index in [-0.39, 0.29) is 16.5 Å². The molecule has 5 heteroatoms. The molecule has 4 nitrogen and oxygen atoms in total. The van der Waals surface area contributed by atoms with Gasteiger partial charge in [-0.05, 0) is 18.3 Å². The Kier molecular flexibility index (Phi) is 2.47. The van der Waals surface area contributed by atoms with Gasteiger partial charge >= 0.3 is 0 Å². The lowest BCUT2D eigenvalue weighted by molar-refractivity contribution is -0.122. The van der Waals surface area contributed by atoms with Crippen LogP contribution in [-0.4, -0.2) is 41.3 Å². The summed E-state index contributed by atoms with van der Waals surface area (Å²) in [7, 11) is 0. The molecule has 3 heterocycles. The zero-order chi connectivity index (χ0) is 13.5. The Morgan fingerprint density at radius 3 is 2.58 bits per heavy atom. The van der Waals surface area contributed by atoms with Crippen molar-refractivity contribution < 1.29 is 0 Å². The maximum atomic E-state index is 6.39. The van der Waals surface area contributed by atoms with Crippen LogP contribution in [0.25, 0.3) is 0 Å². The molecule has 1 saturated carbocycles. The van der Waals surface area contributed by atoms with E-state index in [2.05, 4.69) is 41.8 Å². The van der Waals surface area contributed by atoms with E-state index in [0.717, 1.165) is 19.5 Å². The van der Waals surface area contributed by atoms with Crippen molar-refractivity contribution in [2.24, 2.45) is 10.8 Å². The summed E-state index contributed by atoms with van der Waals surface area (Å²) in [5.41, 5.74) is 4.49. The molecule has 0 bridgehead atoms. The number of nitrogens with zero attached hydrogens (tertiary/aromatic N) is 1. The molecular weight excluding hydrogens is 260 g/mol. The Labute approximate surface area is 120 Å². The van der Waals surface area contributed by atoms with Crippen LogP contribution in [0, 0.1) is 10.8 Å². The summed E-state index contributed by atoms with van der Waals surface area (Å²) in [5, 5.41) is 9.97. The first-order valence-electron chi connectivity index (χ1n) is 7.57. The van der Waals surface area contributed by atoms with Crippen molar-refractivity contribution in [1.82, 2.24) is 21.1 Å². The SMILES string of the molecule is CC(C)(C)C12C(CNC3CC(Cl)NN31)NCC21CC1. The summed E-state index contributed by atoms with van der Waals surface area (Å²) < 4.78 is 0. The van der Waals surface area contributed by atoms with Gasteiger partial charge in [0.1, 0.15) is 0 Å². The van der Waals surface area contributed by atoms with Crippen molar-refractivity contribution in [2.45, 2.75) is 63.3 Å². The number of hydrogen-bond acceptors (Lipinski definition) is 4. The number of nitrogens with one attached hydrogen (secondary N) is 3. The molecule has 108 valence electrons. The zero-order valence-electron chi connectivity index (χ0n) is 12.1. The Morgan fingerprint density at radius 1 is 1.21 bits per heavy atom. The number of hydrazine groups is 1.